The molecule has 1 atom stereocenters. The Morgan fingerprint density at radius 2 is 2.10 bits per heavy atom. The van der Waals surface area contributed by atoms with Crippen LogP contribution in [0.2, 0.25) is 0 Å². The molecule has 6 heteroatoms. The Kier molecular flexibility index (Phi) is 6.52. The molecule has 0 saturated heterocycles. The van der Waals surface area contributed by atoms with Gasteiger partial charge in [0.05, 0.1) is 0 Å². The summed E-state index contributed by atoms with van der Waals surface area (Å²) in [5.74, 6) is -3.60. The van der Waals surface area contributed by atoms with Crippen molar-refractivity contribution in [3.05, 3.63) is 47.5 Å². The predicted octanol–water partition coefficient (Wildman–Crippen LogP) is 2.43. The maximum Gasteiger partial charge on any atom is 0.326 e. The second kappa shape index (κ2) is 8.14. The molecule has 2 N–H and O–H groups in total. The molecule has 21 heavy (non-hydrogen) atoms. The van der Waals surface area contributed by atoms with Gasteiger partial charge in [0.25, 0.3) is 0 Å². The lowest BCUT2D eigenvalue weighted by Gasteiger charge is -2.12. The van der Waals surface area contributed by atoms with Crippen molar-refractivity contribution >= 4 is 11.9 Å². The largest absolute Gasteiger partial charge is 0.480 e. The van der Waals surface area contributed by atoms with Crippen LogP contribution in [0.15, 0.2) is 30.4 Å². The van der Waals surface area contributed by atoms with Crippen LogP contribution in [-0.4, -0.2) is 23.0 Å². The van der Waals surface area contributed by atoms with Crippen molar-refractivity contribution in [1.82, 2.24) is 5.32 Å². The molecule has 1 aromatic carbocycles. The highest BCUT2D eigenvalue weighted by Crippen LogP contribution is 2.13. The van der Waals surface area contributed by atoms with E-state index in [-0.39, 0.29) is 24.8 Å². The number of halogens is 2. The summed E-state index contributed by atoms with van der Waals surface area (Å²) >= 11 is 0. The molecule has 0 aliphatic heterocycles. The summed E-state index contributed by atoms with van der Waals surface area (Å²) in [6.45, 7) is 1.74. The van der Waals surface area contributed by atoms with Crippen LogP contribution in [0.5, 0.6) is 0 Å². The quantitative estimate of drug-likeness (QED) is 0.760. The number of nitrogens with one attached hydrogen (secondary N) is 1. The zero-order chi connectivity index (χ0) is 15.8. The number of carbonyl (C=O) groups excluding carboxylic acids is 1. The normalized spacial score (nSPS) is 12.3. The third kappa shape index (κ3) is 5.33. The van der Waals surface area contributed by atoms with Gasteiger partial charge in [-0.1, -0.05) is 24.3 Å². The topological polar surface area (TPSA) is 66.4 Å². The highest BCUT2D eigenvalue weighted by Gasteiger charge is 2.18. The Balaban J connectivity index is 2.56. The van der Waals surface area contributed by atoms with Crippen LogP contribution >= 0.6 is 0 Å². The molecular formula is C15H17F2NO3. The van der Waals surface area contributed by atoms with Crippen LogP contribution in [-0.2, 0) is 16.0 Å². The third-order valence-corrected chi connectivity index (χ3v) is 2.89. The molecule has 0 saturated carbocycles. The van der Waals surface area contributed by atoms with Gasteiger partial charge in [0.1, 0.15) is 6.04 Å². The minimum absolute atomic E-state index is 0.00534. The Labute approximate surface area is 121 Å². The van der Waals surface area contributed by atoms with E-state index in [2.05, 4.69) is 5.32 Å². The summed E-state index contributed by atoms with van der Waals surface area (Å²) in [6.07, 6.45) is 3.38. The smallest absolute Gasteiger partial charge is 0.326 e. The van der Waals surface area contributed by atoms with Gasteiger partial charge in [-0.3, -0.25) is 4.79 Å². The van der Waals surface area contributed by atoms with Crippen LogP contribution in [0.3, 0.4) is 0 Å². The Hall–Kier alpha value is -2.24. The number of benzene rings is 1. The summed E-state index contributed by atoms with van der Waals surface area (Å²) in [5, 5.41) is 11.3. The summed E-state index contributed by atoms with van der Waals surface area (Å²) in [6, 6.07) is 2.72. The lowest BCUT2D eigenvalue weighted by molar-refractivity contribution is -0.141. The van der Waals surface area contributed by atoms with Gasteiger partial charge >= 0.3 is 5.97 Å². The number of carboxylic acid groups (broad SMARTS) is 1. The number of aliphatic carboxylic acids is 1. The third-order valence-electron chi connectivity index (χ3n) is 2.89. The van der Waals surface area contributed by atoms with Crippen LogP contribution < -0.4 is 5.32 Å². The average Bonchev–Trinajstić information content (AvgIpc) is 2.44. The molecule has 1 aromatic rings. The maximum absolute atomic E-state index is 13.4. The Bertz CT molecular complexity index is 544. The van der Waals surface area contributed by atoms with E-state index < -0.39 is 29.6 Å². The van der Waals surface area contributed by atoms with E-state index in [4.69, 9.17) is 5.11 Å². The van der Waals surface area contributed by atoms with Crippen molar-refractivity contribution in [2.24, 2.45) is 0 Å². The highest BCUT2D eigenvalue weighted by atomic mass is 19.2. The first-order chi connectivity index (χ1) is 9.95. The molecule has 0 aliphatic carbocycles. The number of allylic oxidation sites excluding steroid dienone is 1. The minimum Gasteiger partial charge on any atom is -0.480 e. The van der Waals surface area contributed by atoms with E-state index in [0.717, 1.165) is 6.07 Å². The molecule has 0 bridgehead atoms. The van der Waals surface area contributed by atoms with Crippen molar-refractivity contribution in [2.45, 2.75) is 32.2 Å². The number of carboxylic acids is 1. The van der Waals surface area contributed by atoms with E-state index in [1.165, 1.54) is 12.1 Å². The fraction of sp³-hybridized carbons (Fsp3) is 0.333. The number of amides is 1. The molecule has 4 nitrogen and oxygen atoms in total. The number of hydrogen-bond donors (Lipinski definition) is 2. The molecule has 1 rings (SSSR count). The molecule has 0 spiro atoms. The first kappa shape index (κ1) is 16.8. The highest BCUT2D eigenvalue weighted by molar-refractivity contribution is 5.83. The van der Waals surface area contributed by atoms with Gasteiger partial charge < -0.3 is 10.4 Å². The lowest BCUT2D eigenvalue weighted by atomic mass is 10.1. The van der Waals surface area contributed by atoms with E-state index in [9.17, 15) is 18.4 Å². The molecule has 1 unspecified atom stereocenters. The zero-order valence-electron chi connectivity index (χ0n) is 11.6. The van der Waals surface area contributed by atoms with Crippen LogP contribution in [0.25, 0.3) is 0 Å². The minimum atomic E-state index is -1.14. The van der Waals surface area contributed by atoms with Crippen molar-refractivity contribution in [3.63, 3.8) is 0 Å². The molecular weight excluding hydrogens is 280 g/mol. The molecule has 114 valence electrons. The van der Waals surface area contributed by atoms with Crippen molar-refractivity contribution < 1.29 is 23.5 Å². The van der Waals surface area contributed by atoms with E-state index >= 15 is 0 Å². The SMILES string of the molecule is C/C=C/CC(NC(=O)CCc1cccc(F)c1F)C(=O)O. The lowest BCUT2D eigenvalue weighted by Crippen LogP contribution is -2.40. The number of rotatable bonds is 7. The van der Waals surface area contributed by atoms with Crippen molar-refractivity contribution in [2.75, 3.05) is 0 Å². The monoisotopic (exact) mass is 297 g/mol. The average molecular weight is 297 g/mol. The molecule has 1 amide bonds. The van der Waals surface area contributed by atoms with Crippen LogP contribution in [0, 0.1) is 11.6 Å². The summed E-state index contributed by atoms with van der Waals surface area (Å²) in [7, 11) is 0. The zero-order valence-corrected chi connectivity index (χ0v) is 11.6. The fourth-order valence-electron chi connectivity index (χ4n) is 1.75. The maximum atomic E-state index is 13.4. The summed E-state index contributed by atoms with van der Waals surface area (Å²) in [5.41, 5.74) is 0.0884. The second-order valence-corrected chi connectivity index (χ2v) is 4.48. The van der Waals surface area contributed by atoms with E-state index in [1.807, 2.05) is 0 Å². The standard InChI is InChI=1S/C15H17F2NO3/c1-2-3-7-12(15(20)21)18-13(19)9-8-10-5-4-6-11(16)14(10)17/h2-6,12H,7-9H2,1H3,(H,18,19)(H,20,21)/b3-2+. The van der Waals surface area contributed by atoms with Crippen molar-refractivity contribution in [1.29, 1.82) is 0 Å². The predicted molar refractivity (Wildman–Crippen MR) is 73.7 cm³/mol. The first-order valence-corrected chi connectivity index (χ1v) is 6.52. The summed E-state index contributed by atoms with van der Waals surface area (Å²) in [4.78, 5) is 22.6. The first-order valence-electron chi connectivity index (χ1n) is 6.52. The summed E-state index contributed by atoms with van der Waals surface area (Å²) < 4.78 is 26.4. The van der Waals surface area contributed by atoms with Crippen LogP contribution in [0.1, 0.15) is 25.3 Å². The number of aryl methyl sites for hydroxylation is 1. The molecule has 0 heterocycles. The van der Waals surface area contributed by atoms with Gasteiger partial charge in [0, 0.05) is 6.42 Å². The van der Waals surface area contributed by atoms with Gasteiger partial charge in [-0.2, -0.15) is 0 Å². The number of carbonyl (C=O) groups is 2. The molecule has 0 radical (unpaired) electrons. The van der Waals surface area contributed by atoms with Crippen LogP contribution in [0.4, 0.5) is 8.78 Å². The molecule has 0 aliphatic rings. The van der Waals surface area contributed by atoms with E-state index in [0.29, 0.717) is 0 Å². The van der Waals surface area contributed by atoms with Gasteiger partial charge in [-0.25, -0.2) is 13.6 Å². The fourth-order valence-corrected chi connectivity index (χ4v) is 1.75. The second-order valence-electron chi connectivity index (χ2n) is 4.48. The Morgan fingerprint density at radius 1 is 1.38 bits per heavy atom. The van der Waals surface area contributed by atoms with Crippen molar-refractivity contribution in [3.8, 4) is 0 Å². The number of hydrogen-bond acceptors (Lipinski definition) is 2. The van der Waals surface area contributed by atoms with Gasteiger partial charge in [-0.05, 0) is 31.4 Å². The van der Waals surface area contributed by atoms with Gasteiger partial charge in [-0.15, -0.1) is 0 Å². The van der Waals surface area contributed by atoms with Gasteiger partial charge in [0.15, 0.2) is 11.6 Å². The van der Waals surface area contributed by atoms with E-state index in [1.54, 1.807) is 19.1 Å². The van der Waals surface area contributed by atoms with Gasteiger partial charge in [0.2, 0.25) is 5.91 Å². The Morgan fingerprint density at radius 3 is 2.71 bits per heavy atom. The molecule has 0 aromatic heterocycles. The molecule has 0 fully saturated rings.